The van der Waals surface area contributed by atoms with E-state index in [1.807, 2.05) is 65.7 Å². The van der Waals surface area contributed by atoms with Gasteiger partial charge in [-0.05, 0) is 47.5 Å². The Morgan fingerprint density at radius 2 is 1.56 bits per heavy atom. The van der Waals surface area contributed by atoms with Crippen LogP contribution in [0.5, 0.6) is 0 Å². The summed E-state index contributed by atoms with van der Waals surface area (Å²) in [5.41, 5.74) is 3.80. The monoisotopic (exact) mass is 434 g/mol. The highest BCUT2D eigenvalue weighted by Crippen LogP contribution is 2.41. The van der Waals surface area contributed by atoms with E-state index in [9.17, 15) is 0 Å². The smallest absolute Gasteiger partial charge is 0.0846 e. The summed E-state index contributed by atoms with van der Waals surface area (Å²) in [6.07, 6.45) is 0.689. The number of halogens is 4. The van der Waals surface area contributed by atoms with Gasteiger partial charge in [0.2, 0.25) is 0 Å². The Bertz CT molecular complexity index is 1010. The molecule has 2 nitrogen and oxygen atoms in total. The molecule has 4 rings (SSSR count). The molecule has 1 heterocycles. The molecule has 1 aliphatic rings. The molecule has 0 N–H and O–H groups in total. The molecule has 0 bridgehead atoms. The number of nitrogens with zero attached hydrogens (tertiary/aromatic N) is 2. The predicted molar refractivity (Wildman–Crippen MR) is 116 cm³/mol. The molecular formula is C21H14Cl4N2. The molecule has 3 aromatic rings. The largest absolute Gasteiger partial charge is 0.257 e. The van der Waals surface area contributed by atoms with Crippen molar-refractivity contribution in [1.82, 2.24) is 0 Å². The van der Waals surface area contributed by atoms with Crippen LogP contribution >= 0.6 is 46.4 Å². The van der Waals surface area contributed by atoms with Crippen molar-refractivity contribution in [3.8, 4) is 0 Å². The van der Waals surface area contributed by atoms with Crippen molar-refractivity contribution >= 4 is 57.8 Å². The molecule has 0 amide bonds. The molecule has 6 heteroatoms. The summed E-state index contributed by atoms with van der Waals surface area (Å²) in [4.78, 5) is 0. The van der Waals surface area contributed by atoms with Crippen LogP contribution in [0.3, 0.4) is 0 Å². The molecular weight excluding hydrogens is 422 g/mol. The molecule has 0 radical (unpaired) electrons. The summed E-state index contributed by atoms with van der Waals surface area (Å²) in [6, 6.07) is 20.9. The summed E-state index contributed by atoms with van der Waals surface area (Å²) in [5.74, 6) is 0. The van der Waals surface area contributed by atoms with E-state index in [2.05, 4.69) is 0 Å². The van der Waals surface area contributed by atoms with Crippen LogP contribution in [0.4, 0.5) is 5.69 Å². The number of hydrogen-bond acceptors (Lipinski definition) is 2. The molecule has 0 saturated carbocycles. The SMILES string of the molecule is Clc1ccc(C2=NN(c3cccc(Cl)c3)C(c3cccc(Cl)c3Cl)C2)cc1. The fourth-order valence-corrected chi connectivity index (χ4v) is 3.95. The molecule has 0 saturated heterocycles. The topological polar surface area (TPSA) is 15.6 Å². The first-order chi connectivity index (χ1) is 13.0. The van der Waals surface area contributed by atoms with Crippen LogP contribution in [-0.4, -0.2) is 5.71 Å². The maximum Gasteiger partial charge on any atom is 0.0846 e. The maximum absolute atomic E-state index is 6.52. The third-order valence-electron chi connectivity index (χ3n) is 4.50. The van der Waals surface area contributed by atoms with Crippen LogP contribution in [0.25, 0.3) is 0 Å². The highest BCUT2D eigenvalue weighted by molar-refractivity contribution is 6.42. The molecule has 136 valence electrons. The number of hydrazone groups is 1. The lowest BCUT2D eigenvalue weighted by molar-refractivity contribution is 0.709. The van der Waals surface area contributed by atoms with E-state index < -0.39 is 0 Å². The third-order valence-corrected chi connectivity index (χ3v) is 5.82. The average molecular weight is 436 g/mol. The lowest BCUT2D eigenvalue weighted by atomic mass is 9.98. The summed E-state index contributed by atoms with van der Waals surface area (Å²) in [6.45, 7) is 0. The summed E-state index contributed by atoms with van der Waals surface area (Å²) in [5, 5.41) is 9.24. The quantitative estimate of drug-likeness (QED) is 0.412. The second-order valence-corrected chi connectivity index (χ2v) is 7.90. The van der Waals surface area contributed by atoms with Crippen molar-refractivity contribution in [1.29, 1.82) is 0 Å². The highest BCUT2D eigenvalue weighted by atomic mass is 35.5. The van der Waals surface area contributed by atoms with Crippen LogP contribution < -0.4 is 5.01 Å². The molecule has 1 unspecified atom stereocenters. The van der Waals surface area contributed by atoms with Gasteiger partial charge in [-0.2, -0.15) is 5.10 Å². The van der Waals surface area contributed by atoms with E-state index in [0.29, 0.717) is 26.5 Å². The Labute approximate surface area is 177 Å². The van der Waals surface area contributed by atoms with Crippen LogP contribution in [-0.2, 0) is 0 Å². The lowest BCUT2D eigenvalue weighted by Crippen LogP contribution is -2.19. The minimum atomic E-state index is -0.0830. The van der Waals surface area contributed by atoms with Crippen molar-refractivity contribution in [2.45, 2.75) is 12.5 Å². The normalized spacial score (nSPS) is 16.5. The molecule has 0 spiro atoms. The van der Waals surface area contributed by atoms with Gasteiger partial charge in [0.15, 0.2) is 0 Å². The fourth-order valence-electron chi connectivity index (χ4n) is 3.20. The second-order valence-electron chi connectivity index (χ2n) is 6.24. The van der Waals surface area contributed by atoms with E-state index in [1.165, 1.54) is 0 Å². The molecule has 0 aliphatic carbocycles. The van der Waals surface area contributed by atoms with E-state index in [0.717, 1.165) is 22.5 Å². The molecule has 0 aromatic heterocycles. The minimum absolute atomic E-state index is 0.0830. The lowest BCUT2D eigenvalue weighted by Gasteiger charge is -2.25. The average Bonchev–Trinajstić information content (AvgIpc) is 3.10. The van der Waals surface area contributed by atoms with Gasteiger partial charge in [0, 0.05) is 16.5 Å². The summed E-state index contributed by atoms with van der Waals surface area (Å²) >= 11 is 25.0. The van der Waals surface area contributed by atoms with Gasteiger partial charge in [0.05, 0.1) is 27.5 Å². The zero-order chi connectivity index (χ0) is 19.0. The van der Waals surface area contributed by atoms with Crippen molar-refractivity contribution < 1.29 is 0 Å². The number of anilines is 1. The van der Waals surface area contributed by atoms with Crippen LogP contribution in [0.2, 0.25) is 20.1 Å². The van der Waals surface area contributed by atoms with Crippen LogP contribution in [0.15, 0.2) is 71.8 Å². The first-order valence-electron chi connectivity index (χ1n) is 8.35. The Kier molecular flexibility index (Phi) is 5.34. The Morgan fingerprint density at radius 3 is 2.30 bits per heavy atom. The van der Waals surface area contributed by atoms with Gasteiger partial charge in [-0.1, -0.05) is 76.7 Å². The third kappa shape index (κ3) is 3.81. The molecule has 1 atom stereocenters. The van der Waals surface area contributed by atoms with Gasteiger partial charge < -0.3 is 0 Å². The van der Waals surface area contributed by atoms with E-state index in [-0.39, 0.29) is 6.04 Å². The molecule has 3 aromatic carbocycles. The van der Waals surface area contributed by atoms with Crippen molar-refractivity contribution in [3.63, 3.8) is 0 Å². The molecule has 1 aliphatic heterocycles. The standard InChI is InChI=1S/C21H14Cl4N2/c22-14-9-7-13(8-10-14)19-12-20(17-5-2-6-18(24)21(17)25)27(26-19)16-4-1-3-15(23)11-16/h1-11,20H,12H2. The van der Waals surface area contributed by atoms with Gasteiger partial charge in [-0.3, -0.25) is 5.01 Å². The second kappa shape index (κ2) is 7.73. The van der Waals surface area contributed by atoms with Gasteiger partial charge in [0.25, 0.3) is 0 Å². The fraction of sp³-hybridized carbons (Fsp3) is 0.0952. The Morgan fingerprint density at radius 1 is 0.815 bits per heavy atom. The molecule has 0 fully saturated rings. The predicted octanol–water partition coefficient (Wildman–Crippen LogP) is 7.66. The number of hydrogen-bond donors (Lipinski definition) is 0. The highest BCUT2D eigenvalue weighted by Gasteiger charge is 2.31. The van der Waals surface area contributed by atoms with Crippen molar-refractivity contribution in [2.24, 2.45) is 5.10 Å². The zero-order valence-electron chi connectivity index (χ0n) is 14.0. The number of benzene rings is 3. The first kappa shape index (κ1) is 18.6. The van der Waals surface area contributed by atoms with Gasteiger partial charge in [-0.25, -0.2) is 0 Å². The Balaban J connectivity index is 1.80. The van der Waals surface area contributed by atoms with Gasteiger partial charge in [-0.15, -0.1) is 0 Å². The van der Waals surface area contributed by atoms with Crippen LogP contribution in [0, 0.1) is 0 Å². The summed E-state index contributed by atoms with van der Waals surface area (Å²) < 4.78 is 0. The van der Waals surface area contributed by atoms with Crippen molar-refractivity contribution in [3.05, 3.63) is 97.9 Å². The molecule has 27 heavy (non-hydrogen) atoms. The number of rotatable bonds is 3. The zero-order valence-corrected chi connectivity index (χ0v) is 17.1. The van der Waals surface area contributed by atoms with E-state index >= 15 is 0 Å². The van der Waals surface area contributed by atoms with Crippen LogP contribution in [0.1, 0.15) is 23.6 Å². The minimum Gasteiger partial charge on any atom is -0.257 e. The van der Waals surface area contributed by atoms with E-state index in [1.54, 1.807) is 6.07 Å². The van der Waals surface area contributed by atoms with Gasteiger partial charge in [0.1, 0.15) is 0 Å². The van der Waals surface area contributed by atoms with Gasteiger partial charge >= 0.3 is 0 Å². The Hall–Kier alpha value is -1.71. The summed E-state index contributed by atoms with van der Waals surface area (Å²) in [7, 11) is 0. The van der Waals surface area contributed by atoms with E-state index in [4.69, 9.17) is 51.5 Å². The first-order valence-corrected chi connectivity index (χ1v) is 9.86. The maximum atomic E-state index is 6.52. The van der Waals surface area contributed by atoms with Crippen molar-refractivity contribution in [2.75, 3.05) is 5.01 Å².